The molecule has 0 bridgehead atoms. The summed E-state index contributed by atoms with van der Waals surface area (Å²) in [4.78, 5) is 12.3. The normalized spacial score (nSPS) is 11.3. The van der Waals surface area contributed by atoms with Gasteiger partial charge in [-0.3, -0.25) is 4.79 Å². The van der Waals surface area contributed by atoms with E-state index in [9.17, 15) is 4.79 Å². The zero-order chi connectivity index (χ0) is 20.1. The minimum atomic E-state index is -0.448. The number of furan rings is 1. The molecule has 0 aliphatic rings. The predicted molar refractivity (Wildman–Crippen MR) is 110 cm³/mol. The van der Waals surface area contributed by atoms with Crippen LogP contribution in [0.1, 0.15) is 36.9 Å². The van der Waals surface area contributed by atoms with Gasteiger partial charge in [0.05, 0.1) is 23.9 Å². The number of hydrazone groups is 1. The Hall–Kier alpha value is -2.99. The summed E-state index contributed by atoms with van der Waals surface area (Å²) < 4.78 is 16.6. The maximum atomic E-state index is 12.3. The van der Waals surface area contributed by atoms with Crippen LogP contribution in [0.3, 0.4) is 0 Å². The second kappa shape index (κ2) is 8.80. The number of benzene rings is 2. The molecule has 1 aromatic heterocycles. The quantitative estimate of drug-likeness (QED) is 0.445. The smallest absolute Gasteiger partial charge is 0.307 e. The van der Waals surface area contributed by atoms with Crippen LogP contribution < -0.4 is 14.9 Å². The van der Waals surface area contributed by atoms with Gasteiger partial charge in [-0.05, 0) is 68.8 Å². The van der Waals surface area contributed by atoms with Crippen molar-refractivity contribution in [2.75, 3.05) is 6.61 Å². The van der Waals surface area contributed by atoms with Gasteiger partial charge in [0.2, 0.25) is 0 Å². The third-order valence-corrected chi connectivity index (χ3v) is 4.02. The summed E-state index contributed by atoms with van der Waals surface area (Å²) >= 11 is 6.19. The number of ether oxygens (including phenoxy) is 2. The predicted octanol–water partition coefficient (Wildman–Crippen LogP) is 5.04. The van der Waals surface area contributed by atoms with Crippen LogP contribution in [0.5, 0.6) is 11.5 Å². The van der Waals surface area contributed by atoms with Gasteiger partial charge in [0, 0.05) is 5.39 Å². The molecule has 0 radical (unpaired) electrons. The van der Waals surface area contributed by atoms with Gasteiger partial charge in [0.15, 0.2) is 5.76 Å². The third kappa shape index (κ3) is 4.84. The minimum absolute atomic E-state index is 0.0322. The first-order chi connectivity index (χ1) is 13.5. The summed E-state index contributed by atoms with van der Waals surface area (Å²) in [5, 5.41) is 5.22. The summed E-state index contributed by atoms with van der Waals surface area (Å²) in [6.45, 7) is 6.34. The van der Waals surface area contributed by atoms with Gasteiger partial charge >= 0.3 is 5.91 Å². The number of hydrogen-bond donors (Lipinski definition) is 1. The van der Waals surface area contributed by atoms with E-state index in [1.165, 1.54) is 6.21 Å². The van der Waals surface area contributed by atoms with Crippen LogP contribution >= 0.6 is 11.6 Å². The first-order valence-electron chi connectivity index (χ1n) is 8.92. The van der Waals surface area contributed by atoms with E-state index in [4.69, 9.17) is 25.5 Å². The Labute approximate surface area is 168 Å². The molecule has 1 heterocycles. The summed E-state index contributed by atoms with van der Waals surface area (Å²) in [5.41, 5.74) is 3.78. The maximum absolute atomic E-state index is 12.3. The number of amides is 1. The van der Waals surface area contributed by atoms with Gasteiger partial charge in [-0.25, -0.2) is 5.43 Å². The molecule has 146 valence electrons. The lowest BCUT2D eigenvalue weighted by Gasteiger charge is -2.11. The van der Waals surface area contributed by atoms with Gasteiger partial charge in [-0.15, -0.1) is 0 Å². The van der Waals surface area contributed by atoms with Crippen LogP contribution in [-0.4, -0.2) is 24.8 Å². The topological polar surface area (TPSA) is 73.1 Å². The van der Waals surface area contributed by atoms with E-state index in [1.54, 1.807) is 36.4 Å². The van der Waals surface area contributed by atoms with Crippen molar-refractivity contribution < 1.29 is 18.7 Å². The second-order valence-electron chi connectivity index (χ2n) is 6.30. The number of halogens is 1. The monoisotopic (exact) mass is 400 g/mol. The van der Waals surface area contributed by atoms with Crippen molar-refractivity contribution in [2.45, 2.75) is 26.9 Å². The highest BCUT2D eigenvalue weighted by Gasteiger charge is 2.12. The second-order valence-corrected chi connectivity index (χ2v) is 6.71. The van der Waals surface area contributed by atoms with Crippen LogP contribution in [0, 0.1) is 0 Å². The third-order valence-electron chi connectivity index (χ3n) is 3.72. The highest BCUT2D eigenvalue weighted by Crippen LogP contribution is 2.26. The minimum Gasteiger partial charge on any atom is -0.494 e. The average molecular weight is 401 g/mol. The first-order valence-corrected chi connectivity index (χ1v) is 9.30. The largest absolute Gasteiger partial charge is 0.494 e. The van der Waals surface area contributed by atoms with Crippen LogP contribution in [0.25, 0.3) is 11.0 Å². The van der Waals surface area contributed by atoms with E-state index in [0.29, 0.717) is 23.0 Å². The summed E-state index contributed by atoms with van der Waals surface area (Å²) in [7, 11) is 0. The van der Waals surface area contributed by atoms with Gasteiger partial charge in [-0.1, -0.05) is 11.6 Å². The lowest BCUT2D eigenvalue weighted by Crippen LogP contribution is -2.16. The molecule has 3 rings (SSSR count). The first kappa shape index (κ1) is 19.8. The molecule has 7 heteroatoms. The molecule has 1 N–H and O–H groups in total. The summed E-state index contributed by atoms with van der Waals surface area (Å²) in [6.07, 6.45) is 1.53. The highest BCUT2D eigenvalue weighted by atomic mass is 35.5. The molecule has 6 nitrogen and oxygen atoms in total. The van der Waals surface area contributed by atoms with Gasteiger partial charge in [-0.2, -0.15) is 5.10 Å². The summed E-state index contributed by atoms with van der Waals surface area (Å²) in [6, 6.07) is 12.3. The van der Waals surface area contributed by atoms with Crippen LogP contribution in [-0.2, 0) is 0 Å². The number of carbonyl (C=O) groups is 1. The van der Waals surface area contributed by atoms with Gasteiger partial charge in [0.25, 0.3) is 0 Å². The molecule has 0 aliphatic heterocycles. The van der Waals surface area contributed by atoms with Crippen molar-refractivity contribution in [3.05, 3.63) is 58.8 Å². The number of rotatable bonds is 7. The van der Waals surface area contributed by atoms with E-state index in [1.807, 2.05) is 26.8 Å². The zero-order valence-electron chi connectivity index (χ0n) is 15.9. The molecule has 0 atom stereocenters. The molecule has 2 aromatic carbocycles. The Morgan fingerprint density at radius 2 is 2.07 bits per heavy atom. The van der Waals surface area contributed by atoms with Gasteiger partial charge < -0.3 is 13.9 Å². The standard InChI is InChI=1S/C21H21ClN2O4/c1-4-26-16-6-8-18-15(10-16)11-20(28-18)21(25)24-23-12-14-5-7-19(17(22)9-14)27-13(2)3/h5-13H,4H2,1-3H3,(H,24,25)/b23-12+. The van der Waals surface area contributed by atoms with Crippen molar-refractivity contribution in [1.29, 1.82) is 0 Å². The van der Waals surface area contributed by atoms with E-state index in [2.05, 4.69) is 10.5 Å². The molecule has 3 aromatic rings. The van der Waals surface area contributed by atoms with Crippen LogP contribution in [0.2, 0.25) is 5.02 Å². The Morgan fingerprint density at radius 3 is 2.79 bits per heavy atom. The van der Waals surface area contributed by atoms with Crippen molar-refractivity contribution in [3.63, 3.8) is 0 Å². The maximum Gasteiger partial charge on any atom is 0.307 e. The molecule has 0 spiro atoms. The molecule has 0 aliphatic carbocycles. The zero-order valence-corrected chi connectivity index (χ0v) is 16.6. The lowest BCUT2D eigenvalue weighted by atomic mass is 10.2. The van der Waals surface area contributed by atoms with E-state index in [0.717, 1.165) is 16.7 Å². The Kier molecular flexibility index (Phi) is 6.21. The fraction of sp³-hybridized carbons (Fsp3) is 0.238. The molecule has 0 saturated carbocycles. The molecular formula is C21H21ClN2O4. The summed E-state index contributed by atoms with van der Waals surface area (Å²) in [5.74, 6) is 1.05. The molecule has 1 amide bonds. The van der Waals surface area contributed by atoms with Crippen molar-refractivity contribution in [3.8, 4) is 11.5 Å². The number of nitrogens with zero attached hydrogens (tertiary/aromatic N) is 1. The van der Waals surface area contributed by atoms with Crippen molar-refractivity contribution in [1.82, 2.24) is 5.43 Å². The number of hydrogen-bond acceptors (Lipinski definition) is 5. The van der Waals surface area contributed by atoms with Crippen LogP contribution in [0.4, 0.5) is 0 Å². The van der Waals surface area contributed by atoms with Gasteiger partial charge in [0.1, 0.15) is 17.1 Å². The fourth-order valence-electron chi connectivity index (χ4n) is 2.56. The number of nitrogens with one attached hydrogen (secondary N) is 1. The van der Waals surface area contributed by atoms with Crippen molar-refractivity contribution >= 4 is 34.7 Å². The molecule has 0 fully saturated rings. The SMILES string of the molecule is CCOc1ccc2oc(C(=O)N/N=C/c3ccc(OC(C)C)c(Cl)c3)cc2c1. The molecule has 0 unspecified atom stereocenters. The highest BCUT2D eigenvalue weighted by molar-refractivity contribution is 6.32. The average Bonchev–Trinajstić information content (AvgIpc) is 3.07. The molecule has 0 saturated heterocycles. The molecular weight excluding hydrogens is 380 g/mol. The number of carbonyl (C=O) groups excluding carboxylic acids is 1. The lowest BCUT2D eigenvalue weighted by molar-refractivity contribution is 0.0929. The van der Waals surface area contributed by atoms with Crippen LogP contribution in [0.15, 0.2) is 52.0 Å². The fourth-order valence-corrected chi connectivity index (χ4v) is 2.79. The Balaban J connectivity index is 1.66. The van der Waals surface area contributed by atoms with E-state index >= 15 is 0 Å². The van der Waals surface area contributed by atoms with E-state index < -0.39 is 5.91 Å². The Bertz CT molecular complexity index is 1010. The molecule has 28 heavy (non-hydrogen) atoms. The van der Waals surface area contributed by atoms with Crippen molar-refractivity contribution in [2.24, 2.45) is 5.10 Å². The van der Waals surface area contributed by atoms with E-state index in [-0.39, 0.29) is 11.9 Å². The number of fused-ring (bicyclic) bond motifs is 1. The Morgan fingerprint density at radius 1 is 1.25 bits per heavy atom.